The van der Waals surface area contributed by atoms with E-state index in [0.717, 1.165) is 12.8 Å². The zero-order chi connectivity index (χ0) is 12.5. The summed E-state index contributed by atoms with van der Waals surface area (Å²) in [6.45, 7) is -0.254. The fourth-order valence-electron chi connectivity index (χ4n) is 1.53. The average molecular weight is 257 g/mol. The molecule has 1 aromatic rings. The van der Waals surface area contributed by atoms with Crippen molar-refractivity contribution in [2.24, 2.45) is 0 Å². The molecule has 0 spiro atoms. The molecule has 0 amide bonds. The van der Waals surface area contributed by atoms with Crippen LogP contribution < -0.4 is 9.46 Å². The van der Waals surface area contributed by atoms with Crippen molar-refractivity contribution in [1.82, 2.24) is 4.72 Å². The monoisotopic (exact) mass is 257 g/mol. The number of benzene rings is 1. The number of hydrogen-bond donors (Lipinski definition) is 2. The Morgan fingerprint density at radius 1 is 1.47 bits per heavy atom. The molecule has 0 aliphatic heterocycles. The van der Waals surface area contributed by atoms with Crippen LogP contribution in [0, 0.1) is 0 Å². The summed E-state index contributed by atoms with van der Waals surface area (Å²) in [6, 6.07) is 4.53. The van der Waals surface area contributed by atoms with E-state index in [1.807, 2.05) is 0 Å². The molecule has 0 atom stereocenters. The second kappa shape index (κ2) is 4.64. The third-order valence-corrected chi connectivity index (χ3v) is 4.15. The van der Waals surface area contributed by atoms with Gasteiger partial charge in [0.05, 0.1) is 18.6 Å². The second-order valence-electron chi connectivity index (χ2n) is 4.03. The van der Waals surface area contributed by atoms with E-state index in [9.17, 15) is 8.42 Å². The number of methoxy groups -OCH3 is 1. The van der Waals surface area contributed by atoms with Gasteiger partial charge in [0, 0.05) is 11.6 Å². The summed E-state index contributed by atoms with van der Waals surface area (Å²) in [7, 11) is -1.99. The van der Waals surface area contributed by atoms with Crippen LogP contribution in [0.1, 0.15) is 18.4 Å². The normalized spacial score (nSPS) is 15.9. The van der Waals surface area contributed by atoms with E-state index in [-0.39, 0.29) is 17.5 Å². The highest BCUT2D eigenvalue weighted by Crippen LogP contribution is 2.25. The molecular formula is C11H15NO4S. The highest BCUT2D eigenvalue weighted by atomic mass is 32.2. The lowest BCUT2D eigenvalue weighted by Gasteiger charge is -2.10. The number of aliphatic hydroxyl groups excluding tert-OH is 1. The number of hydrogen-bond acceptors (Lipinski definition) is 4. The summed E-state index contributed by atoms with van der Waals surface area (Å²) < 4.78 is 31.4. The highest BCUT2D eigenvalue weighted by molar-refractivity contribution is 7.89. The highest BCUT2D eigenvalue weighted by Gasteiger charge is 2.28. The minimum absolute atomic E-state index is 0.0691. The lowest BCUT2D eigenvalue weighted by atomic mass is 10.2. The Morgan fingerprint density at radius 2 is 2.18 bits per heavy atom. The van der Waals surface area contributed by atoms with Gasteiger partial charge in [0.25, 0.3) is 0 Å². The number of rotatable bonds is 5. The molecular weight excluding hydrogens is 242 g/mol. The molecule has 0 bridgehead atoms. The van der Waals surface area contributed by atoms with Crippen LogP contribution in [0.5, 0.6) is 5.75 Å². The van der Waals surface area contributed by atoms with Crippen LogP contribution in [0.15, 0.2) is 23.1 Å². The standard InChI is InChI=1S/C11H15NO4S/c1-16-11-5-4-10(6-8(11)7-13)17(14,15)12-9-2-3-9/h4-6,9,12-13H,2-3,7H2,1H3. The Bertz CT molecular complexity index is 508. The fraction of sp³-hybridized carbons (Fsp3) is 0.455. The molecule has 0 aromatic heterocycles. The lowest BCUT2D eigenvalue weighted by molar-refractivity contribution is 0.273. The van der Waals surface area contributed by atoms with Gasteiger partial charge >= 0.3 is 0 Å². The van der Waals surface area contributed by atoms with Crippen molar-refractivity contribution >= 4 is 10.0 Å². The molecule has 1 aliphatic rings. The van der Waals surface area contributed by atoms with Gasteiger partial charge < -0.3 is 9.84 Å². The maximum atomic E-state index is 11.9. The first-order valence-corrected chi connectivity index (χ1v) is 6.85. The lowest BCUT2D eigenvalue weighted by Crippen LogP contribution is -2.25. The van der Waals surface area contributed by atoms with Crippen LogP contribution in [0.25, 0.3) is 0 Å². The number of aliphatic hydroxyl groups is 1. The van der Waals surface area contributed by atoms with Gasteiger partial charge in [0.1, 0.15) is 5.75 Å². The number of ether oxygens (including phenoxy) is 1. The molecule has 17 heavy (non-hydrogen) atoms. The van der Waals surface area contributed by atoms with Crippen LogP contribution in [0.2, 0.25) is 0 Å². The van der Waals surface area contributed by atoms with Gasteiger partial charge in [-0.1, -0.05) is 0 Å². The topological polar surface area (TPSA) is 75.6 Å². The first-order valence-electron chi connectivity index (χ1n) is 5.37. The fourth-order valence-corrected chi connectivity index (χ4v) is 2.89. The van der Waals surface area contributed by atoms with Crippen molar-refractivity contribution in [2.75, 3.05) is 7.11 Å². The van der Waals surface area contributed by atoms with Gasteiger partial charge in [-0.2, -0.15) is 0 Å². The van der Waals surface area contributed by atoms with Gasteiger partial charge in [-0.3, -0.25) is 0 Å². The molecule has 1 aromatic carbocycles. The predicted molar refractivity (Wildman–Crippen MR) is 62.3 cm³/mol. The first kappa shape index (κ1) is 12.3. The molecule has 0 saturated heterocycles. The SMILES string of the molecule is COc1ccc(S(=O)(=O)NC2CC2)cc1CO. The molecule has 94 valence electrons. The number of nitrogens with one attached hydrogen (secondary N) is 1. The number of sulfonamides is 1. The van der Waals surface area contributed by atoms with Crippen LogP contribution in [-0.4, -0.2) is 26.7 Å². The summed E-state index contributed by atoms with van der Waals surface area (Å²) in [5.74, 6) is 0.484. The van der Waals surface area contributed by atoms with E-state index < -0.39 is 10.0 Å². The van der Waals surface area contributed by atoms with Crippen molar-refractivity contribution in [3.05, 3.63) is 23.8 Å². The van der Waals surface area contributed by atoms with E-state index in [0.29, 0.717) is 11.3 Å². The van der Waals surface area contributed by atoms with Crippen molar-refractivity contribution in [3.63, 3.8) is 0 Å². The zero-order valence-electron chi connectivity index (χ0n) is 9.51. The van der Waals surface area contributed by atoms with E-state index in [1.165, 1.54) is 19.2 Å². The van der Waals surface area contributed by atoms with Crippen LogP contribution >= 0.6 is 0 Å². The molecule has 2 rings (SSSR count). The minimum atomic E-state index is -3.47. The Hall–Kier alpha value is -1.11. The molecule has 1 saturated carbocycles. The van der Waals surface area contributed by atoms with Crippen molar-refractivity contribution in [2.45, 2.75) is 30.4 Å². The predicted octanol–water partition coefficient (Wildman–Crippen LogP) is 0.628. The van der Waals surface area contributed by atoms with Crippen LogP contribution in [-0.2, 0) is 16.6 Å². The summed E-state index contributed by atoms with van der Waals surface area (Å²) in [5.41, 5.74) is 0.464. The Labute approximate surface area is 100 Å². The van der Waals surface area contributed by atoms with Crippen molar-refractivity contribution in [3.8, 4) is 5.75 Å². The summed E-state index contributed by atoms with van der Waals surface area (Å²) in [5, 5.41) is 9.14. The third kappa shape index (κ3) is 2.77. The van der Waals surface area contributed by atoms with Crippen LogP contribution in [0.4, 0.5) is 0 Å². The Kier molecular flexibility index (Phi) is 3.37. The van der Waals surface area contributed by atoms with Crippen molar-refractivity contribution in [1.29, 1.82) is 0 Å². The minimum Gasteiger partial charge on any atom is -0.496 e. The van der Waals surface area contributed by atoms with Crippen molar-refractivity contribution < 1.29 is 18.3 Å². The largest absolute Gasteiger partial charge is 0.496 e. The van der Waals surface area contributed by atoms with E-state index >= 15 is 0 Å². The summed E-state index contributed by atoms with van der Waals surface area (Å²) in [4.78, 5) is 0.161. The molecule has 0 heterocycles. The average Bonchev–Trinajstić information content (AvgIpc) is 3.11. The summed E-state index contributed by atoms with van der Waals surface area (Å²) in [6.07, 6.45) is 1.78. The molecule has 5 nitrogen and oxygen atoms in total. The maximum absolute atomic E-state index is 11.9. The molecule has 0 unspecified atom stereocenters. The van der Waals surface area contributed by atoms with Gasteiger partial charge in [-0.15, -0.1) is 0 Å². The Balaban J connectivity index is 2.31. The molecule has 1 aliphatic carbocycles. The molecule has 2 N–H and O–H groups in total. The smallest absolute Gasteiger partial charge is 0.240 e. The maximum Gasteiger partial charge on any atom is 0.240 e. The quantitative estimate of drug-likeness (QED) is 0.811. The van der Waals surface area contributed by atoms with Gasteiger partial charge in [0.2, 0.25) is 10.0 Å². The van der Waals surface area contributed by atoms with Gasteiger partial charge in [-0.25, -0.2) is 13.1 Å². The van der Waals surface area contributed by atoms with E-state index in [2.05, 4.69) is 4.72 Å². The van der Waals surface area contributed by atoms with E-state index in [1.54, 1.807) is 6.07 Å². The summed E-state index contributed by atoms with van der Waals surface area (Å²) >= 11 is 0. The Morgan fingerprint density at radius 3 is 2.71 bits per heavy atom. The molecule has 1 fully saturated rings. The third-order valence-electron chi connectivity index (χ3n) is 2.63. The molecule has 6 heteroatoms. The second-order valence-corrected chi connectivity index (χ2v) is 5.74. The van der Waals surface area contributed by atoms with Crippen LogP contribution in [0.3, 0.4) is 0 Å². The first-order chi connectivity index (χ1) is 8.06. The zero-order valence-corrected chi connectivity index (χ0v) is 10.3. The molecule has 0 radical (unpaired) electrons. The van der Waals surface area contributed by atoms with Gasteiger partial charge in [-0.05, 0) is 31.0 Å². The van der Waals surface area contributed by atoms with E-state index in [4.69, 9.17) is 9.84 Å². The van der Waals surface area contributed by atoms with Gasteiger partial charge in [0.15, 0.2) is 0 Å².